The van der Waals surface area contributed by atoms with E-state index in [9.17, 15) is 5.11 Å². The Morgan fingerprint density at radius 3 is 2.88 bits per heavy atom. The quantitative estimate of drug-likeness (QED) is 0.500. The van der Waals surface area contributed by atoms with Crippen molar-refractivity contribution in [3.63, 3.8) is 0 Å². The van der Waals surface area contributed by atoms with Crippen molar-refractivity contribution in [2.24, 2.45) is 0 Å². The Balaban J connectivity index is 1.76. The number of anilines is 2. The first-order valence-corrected chi connectivity index (χ1v) is 10.4. The number of ether oxygens (including phenoxy) is 1. The number of aliphatic hydroxyl groups is 1. The summed E-state index contributed by atoms with van der Waals surface area (Å²) in [7, 11) is 0. The second kappa shape index (κ2) is 7.46. The van der Waals surface area contributed by atoms with Crippen molar-refractivity contribution in [2.75, 3.05) is 18.1 Å². The Labute approximate surface area is 184 Å². The molecule has 1 atom stereocenters. The van der Waals surface area contributed by atoms with Crippen LogP contribution in [-0.4, -0.2) is 43.4 Å². The van der Waals surface area contributed by atoms with Gasteiger partial charge in [-0.15, -0.1) is 16.6 Å². The van der Waals surface area contributed by atoms with Gasteiger partial charge in [0.15, 0.2) is 0 Å². The fourth-order valence-electron chi connectivity index (χ4n) is 4.22. The standard InChI is InChI=1S/C24H22FN5O2/c1-4-24(3,31)14-16-8-5-11-19-21(16)32-13-7-12-29(19)22-20-17(25)9-6-10-18(20)30-15(2)27-28-23(30)26-22/h1,5-6,8-11,31H,7,12-14H2,2-3H3. The maximum atomic E-state index is 15.2. The molecule has 0 fully saturated rings. The molecule has 32 heavy (non-hydrogen) atoms. The molecule has 1 N–H and O–H groups in total. The topological polar surface area (TPSA) is 75.8 Å². The summed E-state index contributed by atoms with van der Waals surface area (Å²) in [5.74, 6) is 4.13. The lowest BCUT2D eigenvalue weighted by atomic mass is 9.96. The van der Waals surface area contributed by atoms with Crippen LogP contribution in [0.4, 0.5) is 15.9 Å². The third-order valence-corrected chi connectivity index (χ3v) is 5.71. The zero-order valence-electron chi connectivity index (χ0n) is 17.8. The lowest BCUT2D eigenvalue weighted by Crippen LogP contribution is -2.25. The summed E-state index contributed by atoms with van der Waals surface area (Å²) in [5, 5.41) is 19.1. The Hall–Kier alpha value is -3.70. The first-order chi connectivity index (χ1) is 15.4. The maximum absolute atomic E-state index is 15.2. The number of halogens is 1. The zero-order valence-corrected chi connectivity index (χ0v) is 17.8. The van der Waals surface area contributed by atoms with Gasteiger partial charge in [-0.1, -0.05) is 24.1 Å². The van der Waals surface area contributed by atoms with Gasteiger partial charge < -0.3 is 14.7 Å². The highest BCUT2D eigenvalue weighted by Crippen LogP contribution is 2.41. The van der Waals surface area contributed by atoms with Gasteiger partial charge in [-0.2, -0.15) is 4.98 Å². The molecule has 0 radical (unpaired) electrons. The summed E-state index contributed by atoms with van der Waals surface area (Å²) in [4.78, 5) is 6.66. The smallest absolute Gasteiger partial charge is 0.257 e. The monoisotopic (exact) mass is 431 g/mol. The van der Waals surface area contributed by atoms with Crippen LogP contribution in [0.2, 0.25) is 0 Å². The Morgan fingerprint density at radius 1 is 1.25 bits per heavy atom. The van der Waals surface area contributed by atoms with Gasteiger partial charge in [0.25, 0.3) is 5.78 Å². The van der Waals surface area contributed by atoms with E-state index in [2.05, 4.69) is 16.1 Å². The molecule has 0 spiro atoms. The lowest BCUT2D eigenvalue weighted by molar-refractivity contribution is 0.122. The van der Waals surface area contributed by atoms with Crippen LogP contribution >= 0.6 is 0 Å². The molecule has 1 aliphatic rings. The second-order valence-electron chi connectivity index (χ2n) is 8.17. The van der Waals surface area contributed by atoms with Crippen molar-refractivity contribution in [2.45, 2.75) is 32.3 Å². The minimum Gasteiger partial charge on any atom is -0.491 e. The fourth-order valence-corrected chi connectivity index (χ4v) is 4.22. The molecule has 162 valence electrons. The summed E-state index contributed by atoms with van der Waals surface area (Å²) in [6.07, 6.45) is 6.43. The second-order valence-corrected chi connectivity index (χ2v) is 8.17. The highest BCUT2D eigenvalue weighted by molar-refractivity contribution is 5.94. The van der Waals surface area contributed by atoms with E-state index in [1.165, 1.54) is 6.07 Å². The normalized spacial score (nSPS) is 15.7. The molecule has 7 nitrogen and oxygen atoms in total. The first kappa shape index (κ1) is 20.2. The first-order valence-electron chi connectivity index (χ1n) is 10.4. The number of aryl methyl sites for hydroxylation is 1. The van der Waals surface area contributed by atoms with E-state index in [1.54, 1.807) is 17.4 Å². The molecular formula is C24H22FN5O2. The van der Waals surface area contributed by atoms with E-state index >= 15 is 4.39 Å². The largest absolute Gasteiger partial charge is 0.491 e. The number of rotatable bonds is 3. The predicted molar refractivity (Wildman–Crippen MR) is 120 cm³/mol. The number of terminal acetylenes is 1. The van der Waals surface area contributed by atoms with Crippen LogP contribution in [0.25, 0.3) is 16.7 Å². The molecule has 8 heteroatoms. The SMILES string of the molecule is C#CC(C)(O)Cc1cccc2c1OCCCN2c1nc2nnc(C)n2c2cccc(F)c12. The highest BCUT2D eigenvalue weighted by atomic mass is 19.1. The Bertz CT molecular complexity index is 1390. The number of nitrogens with zero attached hydrogens (tertiary/aromatic N) is 5. The fraction of sp³-hybridized carbons (Fsp3) is 0.292. The van der Waals surface area contributed by atoms with Crippen molar-refractivity contribution in [3.05, 3.63) is 53.6 Å². The molecule has 1 aliphatic heterocycles. The highest BCUT2D eigenvalue weighted by Gasteiger charge is 2.28. The molecule has 0 aliphatic carbocycles. The number of hydrogen-bond acceptors (Lipinski definition) is 6. The molecule has 0 saturated heterocycles. The average molecular weight is 431 g/mol. The molecule has 0 bridgehead atoms. The van der Waals surface area contributed by atoms with Gasteiger partial charge in [-0.3, -0.25) is 4.40 Å². The Morgan fingerprint density at radius 2 is 2.06 bits per heavy atom. The van der Waals surface area contributed by atoms with Crippen LogP contribution in [0, 0.1) is 25.1 Å². The summed E-state index contributed by atoms with van der Waals surface area (Å²) < 4.78 is 23.0. The molecule has 5 rings (SSSR count). The van der Waals surface area contributed by atoms with E-state index in [1.807, 2.05) is 36.1 Å². The minimum atomic E-state index is -1.31. The number of benzene rings is 2. The van der Waals surface area contributed by atoms with E-state index < -0.39 is 5.60 Å². The van der Waals surface area contributed by atoms with Gasteiger partial charge in [-0.05, 0) is 38.5 Å². The predicted octanol–water partition coefficient (Wildman–Crippen LogP) is 3.57. The molecule has 3 heterocycles. The number of para-hydroxylation sites is 1. The van der Waals surface area contributed by atoms with Crippen LogP contribution in [0.1, 0.15) is 24.7 Å². The van der Waals surface area contributed by atoms with Gasteiger partial charge >= 0.3 is 0 Å². The van der Waals surface area contributed by atoms with Gasteiger partial charge in [-0.25, -0.2) is 4.39 Å². The molecule has 2 aromatic carbocycles. The number of hydrogen-bond donors (Lipinski definition) is 1. The van der Waals surface area contributed by atoms with E-state index in [0.717, 1.165) is 11.3 Å². The summed E-state index contributed by atoms with van der Waals surface area (Å²) in [6, 6.07) is 10.6. The molecule has 2 aromatic heterocycles. The zero-order chi connectivity index (χ0) is 22.5. The molecule has 4 aromatic rings. The molecule has 0 amide bonds. The van der Waals surface area contributed by atoms with Gasteiger partial charge in [0.05, 0.1) is 23.2 Å². The van der Waals surface area contributed by atoms with Crippen LogP contribution in [0.5, 0.6) is 5.75 Å². The number of fused-ring (bicyclic) bond motifs is 4. The van der Waals surface area contributed by atoms with Gasteiger partial charge in [0.2, 0.25) is 0 Å². The summed E-state index contributed by atoms with van der Waals surface area (Å²) >= 11 is 0. The van der Waals surface area contributed by atoms with Crippen LogP contribution in [0.3, 0.4) is 0 Å². The summed E-state index contributed by atoms with van der Waals surface area (Å²) in [6.45, 7) is 4.45. The van der Waals surface area contributed by atoms with Gasteiger partial charge in [0.1, 0.15) is 28.8 Å². The van der Waals surface area contributed by atoms with Crippen LogP contribution in [0.15, 0.2) is 36.4 Å². The van der Waals surface area contributed by atoms with Crippen molar-refractivity contribution >= 4 is 28.2 Å². The summed E-state index contributed by atoms with van der Waals surface area (Å²) in [5.41, 5.74) is 0.850. The lowest BCUT2D eigenvalue weighted by Gasteiger charge is -2.26. The van der Waals surface area contributed by atoms with E-state index in [0.29, 0.717) is 53.6 Å². The van der Waals surface area contributed by atoms with Gasteiger partial charge in [0, 0.05) is 18.5 Å². The van der Waals surface area contributed by atoms with E-state index in [4.69, 9.17) is 16.1 Å². The van der Waals surface area contributed by atoms with E-state index in [-0.39, 0.29) is 12.2 Å². The molecular weight excluding hydrogens is 409 g/mol. The minimum absolute atomic E-state index is 0.228. The molecule has 0 saturated carbocycles. The third kappa shape index (κ3) is 3.22. The van der Waals surface area contributed by atoms with Crippen molar-refractivity contribution in [1.82, 2.24) is 19.6 Å². The van der Waals surface area contributed by atoms with Crippen molar-refractivity contribution in [3.8, 4) is 18.1 Å². The maximum Gasteiger partial charge on any atom is 0.257 e. The average Bonchev–Trinajstić information content (AvgIpc) is 3.01. The van der Waals surface area contributed by atoms with Crippen LogP contribution < -0.4 is 9.64 Å². The Kier molecular flexibility index (Phi) is 4.72. The van der Waals surface area contributed by atoms with Crippen molar-refractivity contribution in [1.29, 1.82) is 0 Å². The number of aromatic nitrogens is 4. The third-order valence-electron chi connectivity index (χ3n) is 5.71. The van der Waals surface area contributed by atoms with Crippen LogP contribution in [-0.2, 0) is 6.42 Å². The van der Waals surface area contributed by atoms with Crippen molar-refractivity contribution < 1.29 is 14.2 Å². The molecule has 1 unspecified atom stereocenters.